The maximum Gasteiger partial charge on any atom is 0.325 e. The zero-order valence-electron chi connectivity index (χ0n) is 10.3. The van der Waals surface area contributed by atoms with E-state index in [1.54, 1.807) is 6.20 Å². The number of thiazole rings is 1. The molecule has 102 valence electrons. The van der Waals surface area contributed by atoms with Crippen LogP contribution in [0.15, 0.2) is 30.5 Å². The van der Waals surface area contributed by atoms with Gasteiger partial charge in [-0.05, 0) is 24.3 Å². The van der Waals surface area contributed by atoms with E-state index in [4.69, 9.17) is 5.73 Å². The molecule has 0 bridgehead atoms. The van der Waals surface area contributed by atoms with Crippen LogP contribution in [0.3, 0.4) is 0 Å². The van der Waals surface area contributed by atoms with Gasteiger partial charge in [0.05, 0.1) is 17.6 Å². The first-order chi connectivity index (χ1) is 9.67. The Bertz CT molecular complexity index is 657. The lowest BCUT2D eigenvalue weighted by Gasteiger charge is -2.04. The van der Waals surface area contributed by atoms with Gasteiger partial charge in [0.15, 0.2) is 5.13 Å². The van der Waals surface area contributed by atoms with Gasteiger partial charge in [-0.2, -0.15) is 0 Å². The van der Waals surface area contributed by atoms with Crippen LogP contribution in [0.25, 0.3) is 0 Å². The summed E-state index contributed by atoms with van der Waals surface area (Å²) < 4.78 is 12.7. The lowest BCUT2D eigenvalue weighted by atomic mass is 10.3. The zero-order chi connectivity index (χ0) is 14.4. The number of anilines is 2. The average Bonchev–Trinajstić information content (AvgIpc) is 2.86. The highest BCUT2D eigenvalue weighted by Gasteiger charge is 2.06. The minimum Gasteiger partial charge on any atom is -0.320 e. The second-order valence-corrected chi connectivity index (χ2v) is 4.65. The van der Waals surface area contributed by atoms with Gasteiger partial charge in [-0.1, -0.05) is 23.2 Å². The van der Waals surface area contributed by atoms with E-state index in [2.05, 4.69) is 27.5 Å². The molecule has 2 aromatic rings. The van der Waals surface area contributed by atoms with E-state index in [-0.39, 0.29) is 12.4 Å². The number of nitrogens with two attached hydrogens (primary N) is 1. The predicted molar refractivity (Wildman–Crippen MR) is 77.1 cm³/mol. The maximum absolute atomic E-state index is 12.7. The number of rotatable bonds is 2. The molecule has 1 aromatic heterocycles. The molecule has 0 spiro atoms. The van der Waals surface area contributed by atoms with Crippen molar-refractivity contribution in [3.8, 4) is 11.8 Å². The molecule has 0 fully saturated rings. The van der Waals surface area contributed by atoms with E-state index in [1.165, 1.54) is 35.6 Å². The Balaban J connectivity index is 1.94. The van der Waals surface area contributed by atoms with Crippen molar-refractivity contribution in [2.75, 3.05) is 17.2 Å². The number of nitrogens with one attached hydrogen (secondary N) is 2. The van der Waals surface area contributed by atoms with Gasteiger partial charge in [0, 0.05) is 5.69 Å². The lowest BCUT2D eigenvalue weighted by Crippen LogP contribution is -2.19. The SMILES string of the molecule is NCC#Cc1cnc(NC(=O)Nc2ccc(F)cc2)s1. The third kappa shape index (κ3) is 4.05. The average molecular weight is 290 g/mol. The first kappa shape index (κ1) is 14.0. The van der Waals surface area contributed by atoms with Crippen LogP contribution < -0.4 is 16.4 Å². The number of hydrogen-bond acceptors (Lipinski definition) is 4. The van der Waals surface area contributed by atoms with Gasteiger partial charge in [-0.25, -0.2) is 14.2 Å². The molecule has 0 aliphatic heterocycles. The molecule has 0 aliphatic carbocycles. The largest absolute Gasteiger partial charge is 0.325 e. The van der Waals surface area contributed by atoms with Crippen molar-refractivity contribution in [2.24, 2.45) is 5.73 Å². The molecule has 0 radical (unpaired) electrons. The molecule has 0 saturated heterocycles. The van der Waals surface area contributed by atoms with E-state index in [1.807, 2.05) is 0 Å². The van der Waals surface area contributed by atoms with Crippen LogP contribution in [0.1, 0.15) is 4.88 Å². The highest BCUT2D eigenvalue weighted by molar-refractivity contribution is 7.16. The summed E-state index contributed by atoms with van der Waals surface area (Å²) in [6, 6.07) is 5.01. The number of carbonyl (C=O) groups is 1. The van der Waals surface area contributed by atoms with E-state index < -0.39 is 6.03 Å². The minimum absolute atomic E-state index is 0.270. The summed E-state index contributed by atoms with van der Waals surface area (Å²) in [6.45, 7) is 0.270. The number of aromatic nitrogens is 1. The first-order valence-electron chi connectivity index (χ1n) is 5.66. The molecule has 0 saturated carbocycles. The first-order valence-corrected chi connectivity index (χ1v) is 6.47. The number of benzene rings is 1. The number of amides is 2. The van der Waals surface area contributed by atoms with Gasteiger partial charge in [-0.3, -0.25) is 5.32 Å². The van der Waals surface area contributed by atoms with E-state index in [9.17, 15) is 9.18 Å². The van der Waals surface area contributed by atoms with Crippen LogP contribution in [-0.4, -0.2) is 17.6 Å². The van der Waals surface area contributed by atoms with Crippen LogP contribution in [0.2, 0.25) is 0 Å². The third-order valence-corrected chi connectivity index (χ3v) is 2.97. The quantitative estimate of drug-likeness (QED) is 0.742. The molecule has 1 heterocycles. The van der Waals surface area contributed by atoms with Crippen molar-refractivity contribution in [2.45, 2.75) is 0 Å². The number of carbonyl (C=O) groups excluding carboxylic acids is 1. The number of nitrogens with zero attached hydrogens (tertiary/aromatic N) is 1. The van der Waals surface area contributed by atoms with Crippen LogP contribution in [0.5, 0.6) is 0 Å². The van der Waals surface area contributed by atoms with Crippen molar-refractivity contribution in [1.29, 1.82) is 0 Å². The third-order valence-electron chi connectivity index (χ3n) is 2.14. The molecule has 4 N–H and O–H groups in total. The molecule has 2 amide bonds. The maximum atomic E-state index is 12.7. The Labute approximate surface area is 119 Å². The van der Waals surface area contributed by atoms with Crippen molar-refractivity contribution in [1.82, 2.24) is 4.98 Å². The van der Waals surface area contributed by atoms with Gasteiger partial charge >= 0.3 is 6.03 Å². The van der Waals surface area contributed by atoms with Crippen molar-refractivity contribution >= 4 is 28.2 Å². The van der Waals surface area contributed by atoms with Crippen LogP contribution in [0.4, 0.5) is 20.0 Å². The highest BCUT2D eigenvalue weighted by atomic mass is 32.1. The molecular formula is C13H11FN4OS. The normalized spacial score (nSPS) is 9.50. The molecule has 0 atom stereocenters. The molecule has 0 aliphatic rings. The standard InChI is InChI=1S/C13H11FN4OS/c14-9-3-5-10(6-4-9)17-12(19)18-13-16-8-11(20-13)2-1-7-15/h3-6,8H,7,15H2,(H2,16,17,18,19). The molecule has 1 aromatic carbocycles. The molecular weight excluding hydrogens is 279 g/mol. The molecule has 2 rings (SSSR count). The Morgan fingerprint density at radius 1 is 1.35 bits per heavy atom. The fourth-order valence-corrected chi connectivity index (χ4v) is 2.01. The lowest BCUT2D eigenvalue weighted by molar-refractivity contribution is 0.262. The summed E-state index contributed by atoms with van der Waals surface area (Å²) in [5.74, 6) is 5.16. The second-order valence-electron chi connectivity index (χ2n) is 3.62. The van der Waals surface area contributed by atoms with Crippen LogP contribution in [0, 0.1) is 17.7 Å². The predicted octanol–water partition coefficient (Wildman–Crippen LogP) is 2.24. The Morgan fingerprint density at radius 2 is 2.10 bits per heavy atom. The van der Waals surface area contributed by atoms with Crippen molar-refractivity contribution in [3.63, 3.8) is 0 Å². The Hall–Kier alpha value is -2.43. The van der Waals surface area contributed by atoms with Gasteiger partial charge in [0.2, 0.25) is 0 Å². The number of halogens is 1. The number of hydrogen-bond donors (Lipinski definition) is 3. The van der Waals surface area contributed by atoms with E-state index in [0.717, 1.165) is 0 Å². The van der Waals surface area contributed by atoms with Crippen molar-refractivity contribution < 1.29 is 9.18 Å². The summed E-state index contributed by atoms with van der Waals surface area (Å²) in [4.78, 5) is 16.4. The van der Waals surface area contributed by atoms with E-state index in [0.29, 0.717) is 15.7 Å². The van der Waals surface area contributed by atoms with Gasteiger partial charge in [-0.15, -0.1) is 0 Å². The molecule has 0 unspecified atom stereocenters. The monoisotopic (exact) mass is 290 g/mol. The summed E-state index contributed by atoms with van der Waals surface area (Å²) in [6.07, 6.45) is 1.56. The topological polar surface area (TPSA) is 80.0 Å². The smallest absolute Gasteiger partial charge is 0.320 e. The second kappa shape index (κ2) is 6.65. The number of urea groups is 1. The van der Waals surface area contributed by atoms with Gasteiger partial charge < -0.3 is 11.1 Å². The molecule has 7 heteroatoms. The highest BCUT2D eigenvalue weighted by Crippen LogP contribution is 2.17. The fourth-order valence-electron chi connectivity index (χ4n) is 1.32. The Morgan fingerprint density at radius 3 is 2.80 bits per heavy atom. The van der Waals surface area contributed by atoms with Gasteiger partial charge in [0.25, 0.3) is 0 Å². The van der Waals surface area contributed by atoms with Gasteiger partial charge in [0.1, 0.15) is 5.82 Å². The zero-order valence-corrected chi connectivity index (χ0v) is 11.1. The fraction of sp³-hybridized carbons (Fsp3) is 0.0769. The summed E-state index contributed by atoms with van der Waals surface area (Å²) in [7, 11) is 0. The molecule has 20 heavy (non-hydrogen) atoms. The minimum atomic E-state index is -0.454. The van der Waals surface area contributed by atoms with Crippen LogP contribution in [-0.2, 0) is 0 Å². The van der Waals surface area contributed by atoms with Crippen LogP contribution >= 0.6 is 11.3 Å². The summed E-state index contributed by atoms with van der Waals surface area (Å²) >= 11 is 1.24. The van der Waals surface area contributed by atoms with Crippen molar-refractivity contribution in [3.05, 3.63) is 41.2 Å². The Kier molecular flexibility index (Phi) is 4.65. The van der Waals surface area contributed by atoms with E-state index >= 15 is 0 Å². The summed E-state index contributed by atoms with van der Waals surface area (Å²) in [5, 5.41) is 5.55. The summed E-state index contributed by atoms with van der Waals surface area (Å²) in [5.41, 5.74) is 5.75. The molecule has 5 nitrogen and oxygen atoms in total.